The van der Waals surface area contributed by atoms with E-state index in [1.165, 1.54) is 0 Å². The lowest BCUT2D eigenvalue weighted by Crippen LogP contribution is -2.53. The average molecular weight is 298 g/mol. The van der Waals surface area contributed by atoms with Crippen molar-refractivity contribution in [3.05, 3.63) is 0 Å². The number of amides is 2. The zero-order valence-electron chi connectivity index (χ0n) is 12.8. The van der Waals surface area contributed by atoms with Crippen molar-refractivity contribution < 1.29 is 19.4 Å². The molecule has 1 saturated heterocycles. The molecule has 2 aliphatic rings. The van der Waals surface area contributed by atoms with Crippen LogP contribution in [0.2, 0.25) is 0 Å². The summed E-state index contributed by atoms with van der Waals surface area (Å²) in [5.74, 6) is -0.464. The van der Waals surface area contributed by atoms with E-state index in [-0.39, 0.29) is 12.5 Å². The normalized spacial score (nSPS) is 24.5. The van der Waals surface area contributed by atoms with Gasteiger partial charge in [-0.3, -0.25) is 4.79 Å². The lowest BCUT2D eigenvalue weighted by molar-refractivity contribution is -0.138. The number of aliphatic carboxylic acids is 1. The van der Waals surface area contributed by atoms with Gasteiger partial charge in [-0.05, 0) is 25.7 Å². The number of ether oxygens (including phenoxy) is 1. The fraction of sp³-hybridized carbons (Fsp3) is 0.867. The summed E-state index contributed by atoms with van der Waals surface area (Å²) in [6.45, 7) is 2.18. The molecule has 0 aromatic carbocycles. The van der Waals surface area contributed by atoms with E-state index in [0.29, 0.717) is 19.1 Å². The van der Waals surface area contributed by atoms with Crippen molar-refractivity contribution in [3.63, 3.8) is 0 Å². The van der Waals surface area contributed by atoms with Gasteiger partial charge in [0.2, 0.25) is 0 Å². The Bertz CT molecular complexity index is 374. The van der Waals surface area contributed by atoms with Crippen LogP contribution in [-0.2, 0) is 9.53 Å². The van der Waals surface area contributed by atoms with Crippen molar-refractivity contribution in [1.29, 1.82) is 0 Å². The average Bonchev–Trinajstić information content (AvgIpc) is 2.87. The van der Waals surface area contributed by atoms with Crippen molar-refractivity contribution in [2.24, 2.45) is 5.92 Å². The van der Waals surface area contributed by atoms with Crippen LogP contribution in [0, 0.1) is 5.92 Å². The molecule has 120 valence electrons. The summed E-state index contributed by atoms with van der Waals surface area (Å²) in [4.78, 5) is 25.1. The molecule has 1 atom stereocenters. The van der Waals surface area contributed by atoms with Gasteiger partial charge >= 0.3 is 12.0 Å². The Balaban J connectivity index is 1.87. The Morgan fingerprint density at radius 1 is 1.33 bits per heavy atom. The van der Waals surface area contributed by atoms with Crippen LogP contribution >= 0.6 is 0 Å². The second-order valence-electron chi connectivity index (χ2n) is 6.45. The lowest BCUT2D eigenvalue weighted by atomic mass is 9.93. The van der Waals surface area contributed by atoms with Crippen LogP contribution in [0.1, 0.15) is 44.9 Å². The van der Waals surface area contributed by atoms with Crippen molar-refractivity contribution in [3.8, 4) is 0 Å². The van der Waals surface area contributed by atoms with Gasteiger partial charge in [-0.25, -0.2) is 4.79 Å². The number of hydrogen-bond donors (Lipinski definition) is 2. The molecule has 1 unspecified atom stereocenters. The third-order valence-electron chi connectivity index (χ3n) is 4.56. The quantitative estimate of drug-likeness (QED) is 0.812. The molecule has 2 amide bonds. The molecule has 0 spiro atoms. The highest BCUT2D eigenvalue weighted by Crippen LogP contribution is 2.32. The molecule has 0 radical (unpaired) electrons. The number of carboxylic acid groups (broad SMARTS) is 1. The molecule has 1 saturated carbocycles. The van der Waals surface area contributed by atoms with Crippen LogP contribution in [-0.4, -0.2) is 54.4 Å². The highest BCUT2D eigenvalue weighted by Gasteiger charge is 2.38. The molecule has 1 aliphatic heterocycles. The molecule has 21 heavy (non-hydrogen) atoms. The number of nitrogens with zero attached hydrogens (tertiary/aromatic N) is 1. The third-order valence-corrected chi connectivity index (χ3v) is 4.56. The van der Waals surface area contributed by atoms with E-state index in [1.54, 1.807) is 11.9 Å². The first-order valence-electron chi connectivity index (χ1n) is 7.84. The molecular weight excluding hydrogens is 272 g/mol. The first kappa shape index (κ1) is 16.1. The van der Waals surface area contributed by atoms with Crippen LogP contribution in [0.15, 0.2) is 0 Å². The minimum absolute atomic E-state index is 0.0130. The van der Waals surface area contributed by atoms with E-state index < -0.39 is 11.5 Å². The SMILES string of the molecule is CN(CC1CCCOC1)C(=O)NC1(CC(=O)O)CCCC1. The first-order chi connectivity index (χ1) is 10.0. The van der Waals surface area contributed by atoms with Crippen molar-refractivity contribution >= 4 is 12.0 Å². The number of urea groups is 1. The summed E-state index contributed by atoms with van der Waals surface area (Å²) in [6, 6.07) is -0.163. The van der Waals surface area contributed by atoms with Gasteiger partial charge in [0.05, 0.1) is 18.6 Å². The van der Waals surface area contributed by atoms with Gasteiger partial charge in [0.1, 0.15) is 0 Å². The number of carbonyl (C=O) groups excluding carboxylic acids is 1. The minimum atomic E-state index is -0.847. The molecule has 1 heterocycles. The van der Waals surface area contributed by atoms with Crippen molar-refractivity contribution in [1.82, 2.24) is 10.2 Å². The van der Waals surface area contributed by atoms with Crippen molar-refractivity contribution in [2.45, 2.75) is 50.5 Å². The fourth-order valence-corrected chi connectivity index (χ4v) is 3.43. The summed E-state index contributed by atoms with van der Waals surface area (Å²) in [7, 11) is 1.77. The zero-order valence-corrected chi connectivity index (χ0v) is 12.8. The van der Waals surface area contributed by atoms with Gasteiger partial charge in [-0.15, -0.1) is 0 Å². The van der Waals surface area contributed by atoms with E-state index in [2.05, 4.69) is 5.32 Å². The largest absolute Gasteiger partial charge is 0.481 e. The van der Waals surface area contributed by atoms with Crippen LogP contribution in [0.4, 0.5) is 4.79 Å². The molecule has 2 fully saturated rings. The number of carboxylic acids is 1. The smallest absolute Gasteiger partial charge is 0.317 e. The minimum Gasteiger partial charge on any atom is -0.481 e. The number of carbonyl (C=O) groups is 2. The van der Waals surface area contributed by atoms with E-state index in [0.717, 1.165) is 45.1 Å². The van der Waals surface area contributed by atoms with Gasteiger partial charge in [0.25, 0.3) is 0 Å². The maximum absolute atomic E-state index is 12.3. The molecule has 0 aromatic heterocycles. The fourth-order valence-electron chi connectivity index (χ4n) is 3.43. The highest BCUT2D eigenvalue weighted by molar-refractivity contribution is 5.76. The summed E-state index contributed by atoms with van der Waals surface area (Å²) in [5.41, 5.74) is -0.555. The number of nitrogens with one attached hydrogen (secondary N) is 1. The van der Waals surface area contributed by atoms with E-state index in [4.69, 9.17) is 9.84 Å². The Morgan fingerprint density at radius 2 is 2.05 bits per heavy atom. The van der Waals surface area contributed by atoms with Gasteiger partial charge in [0.15, 0.2) is 0 Å². The maximum Gasteiger partial charge on any atom is 0.317 e. The second kappa shape index (κ2) is 7.11. The van der Waals surface area contributed by atoms with Gasteiger partial charge in [-0.2, -0.15) is 0 Å². The van der Waals surface area contributed by atoms with Crippen LogP contribution in [0.25, 0.3) is 0 Å². The Kier molecular flexibility index (Phi) is 5.45. The predicted molar refractivity (Wildman–Crippen MR) is 78.2 cm³/mol. The molecular formula is C15H26N2O4. The highest BCUT2D eigenvalue weighted by atomic mass is 16.5. The van der Waals surface area contributed by atoms with Gasteiger partial charge in [0, 0.05) is 26.1 Å². The molecule has 6 nitrogen and oxygen atoms in total. The standard InChI is InChI=1S/C15H26N2O4/c1-17(10-12-5-4-8-21-11-12)14(20)16-15(9-13(18)19)6-2-3-7-15/h12H,2-11H2,1H3,(H,16,20)(H,18,19). The summed E-state index contributed by atoms with van der Waals surface area (Å²) >= 11 is 0. The number of rotatable bonds is 5. The Hall–Kier alpha value is -1.30. The first-order valence-corrected chi connectivity index (χ1v) is 7.84. The monoisotopic (exact) mass is 298 g/mol. The maximum atomic E-state index is 12.3. The van der Waals surface area contributed by atoms with Crippen LogP contribution in [0.3, 0.4) is 0 Å². The van der Waals surface area contributed by atoms with Crippen LogP contribution in [0.5, 0.6) is 0 Å². The topological polar surface area (TPSA) is 78.9 Å². The van der Waals surface area contributed by atoms with Crippen molar-refractivity contribution in [2.75, 3.05) is 26.8 Å². The van der Waals surface area contributed by atoms with Gasteiger partial charge < -0.3 is 20.1 Å². The van der Waals surface area contributed by atoms with Crippen LogP contribution < -0.4 is 5.32 Å². The summed E-state index contributed by atoms with van der Waals surface area (Å²) < 4.78 is 5.43. The molecule has 6 heteroatoms. The second-order valence-corrected chi connectivity index (χ2v) is 6.45. The predicted octanol–water partition coefficient (Wildman–Crippen LogP) is 1.84. The molecule has 0 aromatic rings. The zero-order chi connectivity index (χ0) is 15.3. The lowest BCUT2D eigenvalue weighted by Gasteiger charge is -2.33. The molecule has 2 rings (SSSR count). The number of hydrogen-bond acceptors (Lipinski definition) is 3. The molecule has 2 N–H and O–H groups in total. The molecule has 0 bridgehead atoms. The van der Waals surface area contributed by atoms with E-state index in [9.17, 15) is 9.59 Å². The van der Waals surface area contributed by atoms with E-state index >= 15 is 0 Å². The summed E-state index contributed by atoms with van der Waals surface area (Å²) in [5, 5.41) is 12.0. The van der Waals surface area contributed by atoms with Gasteiger partial charge in [-0.1, -0.05) is 12.8 Å². The third kappa shape index (κ3) is 4.59. The molecule has 1 aliphatic carbocycles. The Morgan fingerprint density at radius 3 is 2.62 bits per heavy atom. The summed E-state index contributed by atoms with van der Waals surface area (Å²) in [6.07, 6.45) is 5.61. The van der Waals surface area contributed by atoms with E-state index in [1.807, 2.05) is 0 Å². The Labute approximate surface area is 125 Å².